The highest BCUT2D eigenvalue weighted by Gasteiger charge is 2.18. The van der Waals surface area contributed by atoms with Crippen LogP contribution in [0.1, 0.15) is 38.1 Å². The molecule has 1 saturated carbocycles. The first kappa shape index (κ1) is 13.9. The van der Waals surface area contributed by atoms with E-state index in [0.29, 0.717) is 11.7 Å². The highest BCUT2D eigenvalue weighted by molar-refractivity contribution is 5.55. The number of nitrogens with zero attached hydrogens (tertiary/aromatic N) is 2. The van der Waals surface area contributed by atoms with Gasteiger partial charge in [-0.2, -0.15) is 0 Å². The van der Waals surface area contributed by atoms with E-state index in [0.717, 1.165) is 5.95 Å². The normalized spacial score (nSPS) is 15.9. The van der Waals surface area contributed by atoms with E-state index in [9.17, 15) is 4.39 Å². The molecule has 1 aromatic heterocycles. The third-order valence-electron chi connectivity index (χ3n) is 4.04. The zero-order valence-corrected chi connectivity index (χ0v) is 12.2. The predicted octanol–water partition coefficient (Wildman–Crippen LogP) is 4.28. The fourth-order valence-electron chi connectivity index (χ4n) is 2.94. The number of benzene rings is 1. The third kappa shape index (κ3) is 3.01. The van der Waals surface area contributed by atoms with Gasteiger partial charge in [0.25, 0.3) is 0 Å². The molecule has 0 amide bonds. The second kappa shape index (κ2) is 6.16. The maximum Gasteiger partial charge on any atom is 0.207 e. The molecule has 0 unspecified atom stereocenters. The number of ether oxygens (including phenoxy) is 1. The summed E-state index contributed by atoms with van der Waals surface area (Å²) in [6, 6.07) is 5.33. The van der Waals surface area contributed by atoms with Crippen LogP contribution in [0.15, 0.2) is 30.6 Å². The molecule has 0 saturated heterocycles. The summed E-state index contributed by atoms with van der Waals surface area (Å²) in [5.41, 5.74) is 0.677. The van der Waals surface area contributed by atoms with Crippen LogP contribution >= 0.6 is 0 Å². The van der Waals surface area contributed by atoms with Crippen molar-refractivity contribution >= 4 is 11.6 Å². The third-order valence-corrected chi connectivity index (χ3v) is 4.04. The number of anilines is 2. The number of aromatic nitrogens is 2. The van der Waals surface area contributed by atoms with Crippen LogP contribution < -0.4 is 10.1 Å². The summed E-state index contributed by atoms with van der Waals surface area (Å²) in [5, 5.41) is 3.20. The van der Waals surface area contributed by atoms with E-state index in [1.165, 1.54) is 45.3 Å². The summed E-state index contributed by atoms with van der Waals surface area (Å²) in [6.07, 6.45) is 10.00. The SMILES string of the molecule is COc1ccc(Nc2nccn2C2CCCCC2)cc1F. The summed E-state index contributed by atoms with van der Waals surface area (Å²) >= 11 is 0. The predicted molar refractivity (Wildman–Crippen MR) is 80.6 cm³/mol. The van der Waals surface area contributed by atoms with E-state index in [-0.39, 0.29) is 11.6 Å². The largest absolute Gasteiger partial charge is 0.494 e. The maximum atomic E-state index is 13.7. The number of hydrogen-bond donors (Lipinski definition) is 1. The van der Waals surface area contributed by atoms with Gasteiger partial charge in [-0.1, -0.05) is 19.3 Å². The molecule has 1 aromatic carbocycles. The summed E-state index contributed by atoms with van der Waals surface area (Å²) in [5.74, 6) is 0.640. The van der Waals surface area contributed by atoms with Crippen LogP contribution in [0.5, 0.6) is 5.75 Å². The lowest BCUT2D eigenvalue weighted by molar-refractivity contribution is 0.356. The minimum atomic E-state index is -0.377. The minimum Gasteiger partial charge on any atom is -0.494 e. The summed E-state index contributed by atoms with van der Waals surface area (Å²) < 4.78 is 20.8. The molecule has 0 spiro atoms. The van der Waals surface area contributed by atoms with Gasteiger partial charge in [-0.25, -0.2) is 9.37 Å². The van der Waals surface area contributed by atoms with Gasteiger partial charge in [0.05, 0.1) is 7.11 Å². The van der Waals surface area contributed by atoms with Crippen LogP contribution in [0, 0.1) is 5.82 Å². The van der Waals surface area contributed by atoms with E-state index < -0.39 is 0 Å². The molecule has 0 aliphatic heterocycles. The molecular formula is C16H20FN3O. The van der Waals surface area contributed by atoms with Crippen LogP contribution in [-0.4, -0.2) is 16.7 Å². The maximum absolute atomic E-state index is 13.7. The van der Waals surface area contributed by atoms with Crippen molar-refractivity contribution in [1.82, 2.24) is 9.55 Å². The number of rotatable bonds is 4. The summed E-state index contributed by atoms with van der Waals surface area (Å²) in [6.45, 7) is 0. The number of halogens is 1. The molecule has 21 heavy (non-hydrogen) atoms. The van der Waals surface area contributed by atoms with Crippen molar-refractivity contribution in [2.75, 3.05) is 12.4 Å². The van der Waals surface area contributed by atoms with E-state index in [4.69, 9.17) is 4.74 Å². The van der Waals surface area contributed by atoms with Gasteiger partial charge in [0.1, 0.15) is 0 Å². The van der Waals surface area contributed by atoms with Crippen LogP contribution in [0.4, 0.5) is 16.0 Å². The van der Waals surface area contributed by atoms with Gasteiger partial charge >= 0.3 is 0 Å². The van der Waals surface area contributed by atoms with Crippen molar-refractivity contribution < 1.29 is 9.13 Å². The van der Waals surface area contributed by atoms with Crippen LogP contribution in [0.2, 0.25) is 0 Å². The Kier molecular flexibility index (Phi) is 4.08. The van der Waals surface area contributed by atoms with Crippen molar-refractivity contribution in [3.8, 4) is 5.75 Å². The Bertz CT molecular complexity index is 605. The van der Waals surface area contributed by atoms with Crippen LogP contribution in [0.3, 0.4) is 0 Å². The second-order valence-electron chi connectivity index (χ2n) is 5.42. The number of imidazole rings is 1. The number of nitrogens with one attached hydrogen (secondary N) is 1. The Labute approximate surface area is 124 Å². The number of methoxy groups -OCH3 is 1. The van der Waals surface area contributed by atoms with Gasteiger partial charge in [-0.3, -0.25) is 0 Å². The lowest BCUT2D eigenvalue weighted by Crippen LogP contribution is -2.14. The first-order valence-electron chi connectivity index (χ1n) is 7.41. The molecule has 112 valence electrons. The first-order valence-corrected chi connectivity index (χ1v) is 7.41. The molecule has 1 heterocycles. The molecule has 0 bridgehead atoms. The molecule has 1 N–H and O–H groups in total. The lowest BCUT2D eigenvalue weighted by Gasteiger charge is -2.24. The smallest absolute Gasteiger partial charge is 0.207 e. The lowest BCUT2D eigenvalue weighted by atomic mass is 9.95. The molecule has 1 aliphatic carbocycles. The molecule has 3 rings (SSSR count). The fraction of sp³-hybridized carbons (Fsp3) is 0.438. The van der Waals surface area contributed by atoms with Crippen molar-refractivity contribution in [1.29, 1.82) is 0 Å². The Morgan fingerprint density at radius 1 is 1.29 bits per heavy atom. The van der Waals surface area contributed by atoms with Gasteiger partial charge in [-0.05, 0) is 25.0 Å². The molecule has 1 aliphatic rings. The second-order valence-corrected chi connectivity index (χ2v) is 5.42. The summed E-state index contributed by atoms with van der Waals surface area (Å²) in [7, 11) is 1.46. The van der Waals surface area contributed by atoms with E-state index in [2.05, 4.69) is 14.9 Å². The van der Waals surface area contributed by atoms with Crippen molar-refractivity contribution in [3.63, 3.8) is 0 Å². The standard InChI is InChI=1S/C16H20FN3O/c1-21-15-8-7-12(11-14(15)17)19-16-18-9-10-20(16)13-5-3-2-4-6-13/h7-11,13H,2-6H2,1H3,(H,18,19). The molecule has 5 heteroatoms. The van der Waals surface area contributed by atoms with Gasteiger partial charge in [0.2, 0.25) is 5.95 Å². The monoisotopic (exact) mass is 289 g/mol. The van der Waals surface area contributed by atoms with Crippen molar-refractivity contribution in [3.05, 3.63) is 36.4 Å². The van der Waals surface area contributed by atoms with E-state index >= 15 is 0 Å². The minimum absolute atomic E-state index is 0.246. The van der Waals surface area contributed by atoms with Gasteiger partial charge < -0.3 is 14.6 Å². The highest BCUT2D eigenvalue weighted by Crippen LogP contribution is 2.31. The Morgan fingerprint density at radius 3 is 2.81 bits per heavy atom. The molecular weight excluding hydrogens is 269 g/mol. The average Bonchev–Trinajstić information content (AvgIpc) is 2.96. The van der Waals surface area contributed by atoms with Gasteiger partial charge in [0, 0.05) is 30.2 Å². The Balaban J connectivity index is 1.79. The van der Waals surface area contributed by atoms with E-state index in [1.54, 1.807) is 18.3 Å². The van der Waals surface area contributed by atoms with Crippen LogP contribution in [0.25, 0.3) is 0 Å². The Morgan fingerprint density at radius 2 is 2.10 bits per heavy atom. The molecule has 0 radical (unpaired) electrons. The first-order chi connectivity index (χ1) is 10.3. The molecule has 1 fully saturated rings. The molecule has 0 atom stereocenters. The van der Waals surface area contributed by atoms with E-state index in [1.807, 2.05) is 6.20 Å². The molecule has 2 aromatic rings. The molecule has 4 nitrogen and oxygen atoms in total. The zero-order chi connectivity index (χ0) is 14.7. The Hall–Kier alpha value is -2.04. The summed E-state index contributed by atoms with van der Waals surface area (Å²) in [4.78, 5) is 4.36. The van der Waals surface area contributed by atoms with Crippen LogP contribution in [-0.2, 0) is 0 Å². The van der Waals surface area contributed by atoms with Crippen molar-refractivity contribution in [2.24, 2.45) is 0 Å². The van der Waals surface area contributed by atoms with Gasteiger partial charge in [0.15, 0.2) is 11.6 Å². The topological polar surface area (TPSA) is 39.1 Å². The highest BCUT2D eigenvalue weighted by atomic mass is 19.1. The number of hydrogen-bond acceptors (Lipinski definition) is 3. The average molecular weight is 289 g/mol. The van der Waals surface area contributed by atoms with Crippen molar-refractivity contribution in [2.45, 2.75) is 38.1 Å². The fourth-order valence-corrected chi connectivity index (χ4v) is 2.94. The zero-order valence-electron chi connectivity index (χ0n) is 12.2. The quantitative estimate of drug-likeness (QED) is 0.913. The van der Waals surface area contributed by atoms with Gasteiger partial charge in [-0.15, -0.1) is 0 Å².